The van der Waals surface area contributed by atoms with Gasteiger partial charge in [-0.15, -0.1) is 0 Å². The second kappa shape index (κ2) is 7.42. The van der Waals surface area contributed by atoms with Gasteiger partial charge in [-0.1, -0.05) is 49.9 Å². The summed E-state index contributed by atoms with van der Waals surface area (Å²) in [6, 6.07) is 11.4. The third kappa shape index (κ3) is 3.94. The third-order valence-electron chi connectivity index (χ3n) is 5.46. The third-order valence-corrected chi connectivity index (χ3v) is 5.46. The minimum atomic E-state index is 0.562. The molecule has 132 valence electrons. The Morgan fingerprint density at radius 1 is 1.00 bits per heavy atom. The van der Waals surface area contributed by atoms with Gasteiger partial charge in [0.1, 0.15) is 5.82 Å². The van der Waals surface area contributed by atoms with Gasteiger partial charge in [-0.2, -0.15) is 4.98 Å². The topological polar surface area (TPSA) is 41.1 Å². The Hall–Kier alpha value is -2.10. The van der Waals surface area contributed by atoms with Crippen LogP contribution in [0.3, 0.4) is 0 Å². The lowest BCUT2D eigenvalue weighted by Crippen LogP contribution is -2.32. The van der Waals surface area contributed by atoms with Crippen molar-refractivity contribution in [3.63, 3.8) is 0 Å². The van der Waals surface area contributed by atoms with Gasteiger partial charge in [0.05, 0.1) is 0 Å². The molecule has 2 aromatic rings. The van der Waals surface area contributed by atoms with Crippen molar-refractivity contribution in [2.75, 3.05) is 16.8 Å². The first kappa shape index (κ1) is 16.4. The maximum atomic E-state index is 4.86. The number of anilines is 2. The average Bonchev–Trinajstić information content (AvgIpc) is 2.89. The van der Waals surface area contributed by atoms with E-state index < -0.39 is 0 Å². The highest BCUT2D eigenvalue weighted by atomic mass is 15.3. The summed E-state index contributed by atoms with van der Waals surface area (Å²) >= 11 is 0. The molecule has 25 heavy (non-hydrogen) atoms. The maximum Gasteiger partial charge on any atom is 0.227 e. The molecule has 0 amide bonds. The fourth-order valence-corrected chi connectivity index (χ4v) is 4.07. The first-order chi connectivity index (χ1) is 12.3. The van der Waals surface area contributed by atoms with Crippen LogP contribution in [0.1, 0.15) is 55.3 Å². The molecule has 0 saturated heterocycles. The van der Waals surface area contributed by atoms with E-state index in [9.17, 15) is 0 Å². The van der Waals surface area contributed by atoms with Crippen LogP contribution in [0.2, 0.25) is 0 Å². The van der Waals surface area contributed by atoms with Gasteiger partial charge in [-0.05, 0) is 37.3 Å². The van der Waals surface area contributed by atoms with Crippen LogP contribution in [0.5, 0.6) is 0 Å². The molecule has 0 unspecified atom stereocenters. The van der Waals surface area contributed by atoms with E-state index in [1.165, 1.54) is 49.7 Å². The highest BCUT2D eigenvalue weighted by Gasteiger charge is 2.19. The van der Waals surface area contributed by atoms with E-state index in [0.717, 1.165) is 37.0 Å². The maximum absolute atomic E-state index is 4.86. The van der Waals surface area contributed by atoms with Crippen molar-refractivity contribution in [1.82, 2.24) is 9.97 Å². The largest absolute Gasteiger partial charge is 0.367 e. The molecule has 0 spiro atoms. The van der Waals surface area contributed by atoms with Gasteiger partial charge in [-0.3, -0.25) is 0 Å². The Morgan fingerprint density at radius 2 is 1.76 bits per heavy atom. The summed E-state index contributed by atoms with van der Waals surface area (Å²) in [6.45, 7) is 3.97. The van der Waals surface area contributed by atoms with Crippen LogP contribution in [-0.2, 0) is 13.0 Å². The average molecular weight is 336 g/mol. The highest BCUT2D eigenvalue weighted by Crippen LogP contribution is 2.25. The Labute approximate surface area is 150 Å². The molecule has 1 aromatic heterocycles. The van der Waals surface area contributed by atoms with Crippen LogP contribution >= 0.6 is 0 Å². The fourth-order valence-electron chi connectivity index (χ4n) is 4.07. The van der Waals surface area contributed by atoms with E-state index in [-0.39, 0.29) is 0 Å². The van der Waals surface area contributed by atoms with Crippen molar-refractivity contribution in [3.05, 3.63) is 47.2 Å². The van der Waals surface area contributed by atoms with Gasteiger partial charge in [0, 0.05) is 30.9 Å². The van der Waals surface area contributed by atoms with Crippen LogP contribution in [0.25, 0.3) is 0 Å². The molecule has 0 atom stereocenters. The summed E-state index contributed by atoms with van der Waals surface area (Å²) in [7, 11) is 0. The van der Waals surface area contributed by atoms with Crippen molar-refractivity contribution < 1.29 is 0 Å². The lowest BCUT2D eigenvalue weighted by atomic mass is 10.0. The smallest absolute Gasteiger partial charge is 0.227 e. The summed E-state index contributed by atoms with van der Waals surface area (Å²) in [5, 5.41) is 3.68. The normalized spacial score (nSPS) is 18.5. The molecule has 1 N–H and O–H groups in total. The molecule has 0 bridgehead atoms. The summed E-state index contributed by atoms with van der Waals surface area (Å²) in [5.74, 6) is 1.86. The van der Waals surface area contributed by atoms with Gasteiger partial charge >= 0.3 is 0 Å². The minimum Gasteiger partial charge on any atom is -0.367 e. The number of nitrogens with zero attached hydrogens (tertiary/aromatic N) is 3. The number of fused-ring (bicyclic) bond motifs is 1. The zero-order chi connectivity index (χ0) is 17.1. The molecule has 2 heterocycles. The van der Waals surface area contributed by atoms with Gasteiger partial charge < -0.3 is 10.2 Å². The van der Waals surface area contributed by atoms with E-state index in [1.54, 1.807) is 0 Å². The standard InChI is InChI=1S/C21H28N4/c1-16-14-20(23-19-10-4-2-3-5-11-19)24-21(22-16)25-13-12-17-8-6-7-9-18(17)15-25/h6-9,14,19H,2-5,10-13,15H2,1H3,(H,22,23,24). The van der Waals surface area contributed by atoms with Crippen LogP contribution in [0.4, 0.5) is 11.8 Å². The van der Waals surface area contributed by atoms with Crippen LogP contribution in [0.15, 0.2) is 30.3 Å². The van der Waals surface area contributed by atoms with Crippen LogP contribution in [0, 0.1) is 6.92 Å². The summed E-state index contributed by atoms with van der Waals surface area (Å²) in [4.78, 5) is 11.9. The summed E-state index contributed by atoms with van der Waals surface area (Å²) < 4.78 is 0. The lowest BCUT2D eigenvalue weighted by Gasteiger charge is -2.29. The molecule has 1 saturated carbocycles. The molecule has 1 aliphatic carbocycles. The van der Waals surface area contributed by atoms with E-state index in [1.807, 2.05) is 0 Å². The lowest BCUT2D eigenvalue weighted by molar-refractivity contribution is 0.616. The van der Waals surface area contributed by atoms with Gasteiger partial charge in [-0.25, -0.2) is 4.98 Å². The Bertz CT molecular complexity index is 720. The molecule has 1 aromatic carbocycles. The van der Waals surface area contributed by atoms with Crippen molar-refractivity contribution in [1.29, 1.82) is 0 Å². The van der Waals surface area contributed by atoms with Crippen LogP contribution in [-0.4, -0.2) is 22.6 Å². The molecular weight excluding hydrogens is 308 g/mol. The second-order valence-corrected chi connectivity index (χ2v) is 7.47. The zero-order valence-corrected chi connectivity index (χ0v) is 15.2. The monoisotopic (exact) mass is 336 g/mol. The Morgan fingerprint density at radius 3 is 2.56 bits per heavy atom. The van der Waals surface area contributed by atoms with E-state index in [2.05, 4.69) is 47.5 Å². The van der Waals surface area contributed by atoms with E-state index >= 15 is 0 Å². The van der Waals surface area contributed by atoms with Crippen molar-refractivity contribution in [3.8, 4) is 0 Å². The molecule has 4 nitrogen and oxygen atoms in total. The predicted molar refractivity (Wildman–Crippen MR) is 103 cm³/mol. The number of hydrogen-bond donors (Lipinski definition) is 1. The summed E-state index contributed by atoms with van der Waals surface area (Å²) in [6.07, 6.45) is 9.00. The molecule has 4 rings (SSSR count). The van der Waals surface area contributed by atoms with Crippen LogP contribution < -0.4 is 10.2 Å². The number of aryl methyl sites for hydroxylation is 1. The Kier molecular flexibility index (Phi) is 4.86. The van der Waals surface area contributed by atoms with Crippen molar-refractivity contribution in [2.24, 2.45) is 0 Å². The SMILES string of the molecule is Cc1cc(NC2CCCCCC2)nc(N2CCc3ccccc3C2)n1. The number of rotatable bonds is 3. The summed E-state index contributed by atoms with van der Waals surface area (Å²) in [5.41, 5.74) is 3.90. The first-order valence-electron chi connectivity index (χ1n) is 9.72. The second-order valence-electron chi connectivity index (χ2n) is 7.47. The first-order valence-corrected chi connectivity index (χ1v) is 9.72. The molecule has 4 heteroatoms. The van der Waals surface area contributed by atoms with Gasteiger partial charge in [0.2, 0.25) is 5.95 Å². The molecule has 2 aliphatic rings. The molecule has 1 aliphatic heterocycles. The van der Waals surface area contributed by atoms with E-state index in [4.69, 9.17) is 9.97 Å². The quantitative estimate of drug-likeness (QED) is 0.839. The minimum absolute atomic E-state index is 0.562. The zero-order valence-electron chi connectivity index (χ0n) is 15.2. The van der Waals surface area contributed by atoms with Gasteiger partial charge in [0.15, 0.2) is 0 Å². The number of hydrogen-bond acceptors (Lipinski definition) is 4. The molecular formula is C21H28N4. The number of aromatic nitrogens is 2. The van der Waals surface area contributed by atoms with Crippen molar-refractivity contribution in [2.45, 2.75) is 64.5 Å². The van der Waals surface area contributed by atoms with Crippen molar-refractivity contribution >= 4 is 11.8 Å². The molecule has 1 fully saturated rings. The van der Waals surface area contributed by atoms with E-state index in [0.29, 0.717) is 6.04 Å². The van der Waals surface area contributed by atoms with Gasteiger partial charge in [0.25, 0.3) is 0 Å². The fraction of sp³-hybridized carbons (Fsp3) is 0.524. The predicted octanol–water partition coefficient (Wildman–Crippen LogP) is 4.48. The Balaban J connectivity index is 1.51. The molecule has 0 radical (unpaired) electrons. The highest BCUT2D eigenvalue weighted by molar-refractivity contribution is 5.46. The number of nitrogens with one attached hydrogen (secondary N) is 1. The number of benzene rings is 1.